The van der Waals surface area contributed by atoms with Crippen LogP contribution >= 0.6 is 0 Å². The van der Waals surface area contributed by atoms with Gasteiger partial charge >= 0.3 is 5.97 Å². The van der Waals surface area contributed by atoms with Gasteiger partial charge in [0.1, 0.15) is 24.4 Å². The molecule has 5 N–H and O–H groups in total. The van der Waals surface area contributed by atoms with E-state index in [1.165, 1.54) is 5.57 Å². The Labute approximate surface area is 264 Å². The summed E-state index contributed by atoms with van der Waals surface area (Å²) in [6.07, 6.45) is 5.37. The fraction of sp³-hybridized carbons (Fsp3) is 0.919. The molecule has 0 amide bonds. The highest BCUT2D eigenvalue weighted by Crippen LogP contribution is 2.76. The number of aliphatic carboxylic acids is 1. The Hall–Kier alpha value is -0.990. The van der Waals surface area contributed by atoms with Gasteiger partial charge in [-0.15, -0.1) is 0 Å². The van der Waals surface area contributed by atoms with Gasteiger partial charge in [-0.3, -0.25) is 4.79 Å². The molecule has 6 aliphatic rings. The van der Waals surface area contributed by atoms with Crippen LogP contribution in [0.3, 0.4) is 0 Å². The Bertz CT molecular complexity index is 1190. The lowest BCUT2D eigenvalue weighted by molar-refractivity contribution is -0.260. The Morgan fingerprint density at radius 1 is 0.864 bits per heavy atom. The monoisotopic (exact) mass is 616 g/mol. The Balaban J connectivity index is 1.32. The molecule has 7 nitrogen and oxygen atoms in total. The average Bonchev–Trinajstić information content (AvgIpc) is 2.93. The highest BCUT2D eigenvalue weighted by atomic mass is 16.5. The van der Waals surface area contributed by atoms with Gasteiger partial charge in [0.15, 0.2) is 0 Å². The van der Waals surface area contributed by atoms with Crippen molar-refractivity contribution in [3.05, 3.63) is 11.6 Å². The topological polar surface area (TPSA) is 127 Å². The molecule has 6 rings (SSSR count). The van der Waals surface area contributed by atoms with Crippen LogP contribution < -0.4 is 0 Å². The van der Waals surface area contributed by atoms with Crippen LogP contribution in [0.25, 0.3) is 0 Å². The summed E-state index contributed by atoms with van der Waals surface area (Å²) in [7, 11) is 0. The molecular weight excluding hydrogens is 556 g/mol. The smallest absolute Gasteiger partial charge is 0.310 e. The van der Waals surface area contributed by atoms with Gasteiger partial charge in [-0.05, 0) is 122 Å². The van der Waals surface area contributed by atoms with Crippen LogP contribution in [-0.2, 0) is 9.53 Å². The summed E-state index contributed by atoms with van der Waals surface area (Å²) < 4.78 is 5.95. The van der Waals surface area contributed by atoms with E-state index in [0.717, 1.165) is 64.2 Å². The zero-order valence-electron chi connectivity index (χ0n) is 28.5. The number of hydrogen-bond acceptors (Lipinski definition) is 6. The molecule has 0 aromatic rings. The average molecular weight is 617 g/mol. The summed E-state index contributed by atoms with van der Waals surface area (Å²) in [5.41, 5.74) is 0.817. The lowest BCUT2D eigenvalue weighted by atomic mass is 9.33. The van der Waals surface area contributed by atoms with E-state index in [0.29, 0.717) is 11.8 Å². The van der Waals surface area contributed by atoms with Crippen molar-refractivity contribution < 1.29 is 35.1 Å². The van der Waals surface area contributed by atoms with Gasteiger partial charge < -0.3 is 30.3 Å². The maximum atomic E-state index is 12.9. The molecule has 44 heavy (non-hydrogen) atoms. The van der Waals surface area contributed by atoms with E-state index >= 15 is 0 Å². The van der Waals surface area contributed by atoms with Gasteiger partial charge in [0.25, 0.3) is 0 Å². The van der Waals surface area contributed by atoms with Crippen LogP contribution in [0.5, 0.6) is 0 Å². The summed E-state index contributed by atoms with van der Waals surface area (Å²) in [5, 5.41) is 54.0. The van der Waals surface area contributed by atoms with Gasteiger partial charge in [-0.25, -0.2) is 0 Å². The SMILES string of the molecule is CC1O[C@@H]([C@H](O)[C@H]2CC[C@@]3(C)C(CC[C@]4(C)C3CC=C3C5CC(C)(C)CC[C@]5(C(=O)O)CC[C@]34C)C2(C)C)C(O)[C@@H](O)[C@H]1O. The minimum Gasteiger partial charge on any atom is -0.481 e. The summed E-state index contributed by atoms with van der Waals surface area (Å²) in [5.74, 6) is 0.225. The Morgan fingerprint density at radius 2 is 1.52 bits per heavy atom. The number of fused-ring (bicyclic) bond motifs is 7. The minimum absolute atomic E-state index is 0.0331. The van der Waals surface area contributed by atoms with Crippen molar-refractivity contribution in [1.82, 2.24) is 0 Å². The number of carboxylic acid groups (broad SMARTS) is 1. The fourth-order valence-electron chi connectivity index (χ4n) is 12.9. The molecule has 0 radical (unpaired) electrons. The molecule has 1 saturated heterocycles. The van der Waals surface area contributed by atoms with E-state index in [4.69, 9.17) is 4.74 Å². The van der Waals surface area contributed by atoms with Crippen LogP contribution in [0.15, 0.2) is 11.6 Å². The van der Waals surface area contributed by atoms with Crippen LogP contribution in [0.1, 0.15) is 120 Å². The zero-order valence-corrected chi connectivity index (χ0v) is 28.5. The van der Waals surface area contributed by atoms with Gasteiger partial charge in [0.05, 0.1) is 17.6 Å². The molecular formula is C37H60O7. The number of carbonyl (C=O) groups is 1. The molecule has 5 aliphatic carbocycles. The number of hydrogen-bond donors (Lipinski definition) is 5. The molecule has 0 aromatic heterocycles. The standard InChI is InChI=1S/C37H60O7/c1-20-26(38)28(40)29(41)30(44-20)27(39)22-11-13-34(6)24(33(22,4)5)12-14-36(8)25(34)10-9-21-23-19-32(2,3)15-17-37(23,31(42)43)18-16-35(21,36)7/h9,20,22-30,38-41H,10-19H2,1-8H3,(H,42,43)/t20?,22-,23?,24?,25?,26+,27-,28+,29?,30+,34+,35-,36-,37+/m1/s1. The number of aliphatic hydroxyl groups is 4. The van der Waals surface area contributed by atoms with E-state index < -0.39 is 48.0 Å². The molecule has 5 fully saturated rings. The number of rotatable bonds is 3. The predicted octanol–water partition coefficient (Wildman–Crippen LogP) is 5.72. The second-order valence-corrected chi connectivity index (χ2v) is 18.4. The Kier molecular flexibility index (Phi) is 7.67. The van der Waals surface area contributed by atoms with Crippen molar-refractivity contribution in [2.24, 2.45) is 56.2 Å². The van der Waals surface area contributed by atoms with E-state index in [1.54, 1.807) is 6.92 Å². The van der Waals surface area contributed by atoms with Gasteiger partial charge in [0, 0.05) is 0 Å². The predicted molar refractivity (Wildman–Crippen MR) is 169 cm³/mol. The van der Waals surface area contributed by atoms with E-state index in [1.807, 2.05) is 0 Å². The Morgan fingerprint density at radius 3 is 2.18 bits per heavy atom. The first-order valence-electron chi connectivity index (χ1n) is 17.6. The molecule has 14 atom stereocenters. The highest BCUT2D eigenvalue weighted by Gasteiger charge is 2.69. The van der Waals surface area contributed by atoms with Crippen LogP contribution in [0.4, 0.5) is 0 Å². The van der Waals surface area contributed by atoms with Crippen molar-refractivity contribution in [2.45, 2.75) is 156 Å². The summed E-state index contributed by atoms with van der Waals surface area (Å²) in [6.45, 7) is 18.4. The van der Waals surface area contributed by atoms with Crippen molar-refractivity contribution in [3.8, 4) is 0 Å². The molecule has 7 heteroatoms. The van der Waals surface area contributed by atoms with Gasteiger partial charge in [0.2, 0.25) is 0 Å². The van der Waals surface area contributed by atoms with Gasteiger partial charge in [-0.1, -0.05) is 60.1 Å². The fourth-order valence-corrected chi connectivity index (χ4v) is 12.9. The van der Waals surface area contributed by atoms with E-state index in [-0.39, 0.29) is 38.9 Å². The summed E-state index contributed by atoms with van der Waals surface area (Å²) in [6, 6.07) is 0. The second kappa shape index (κ2) is 10.3. The third kappa shape index (κ3) is 4.27. The molecule has 4 saturated carbocycles. The van der Waals surface area contributed by atoms with Crippen molar-refractivity contribution >= 4 is 5.97 Å². The third-order valence-corrected chi connectivity index (χ3v) is 15.8. The highest BCUT2D eigenvalue weighted by molar-refractivity contribution is 5.76. The summed E-state index contributed by atoms with van der Waals surface area (Å²) >= 11 is 0. The maximum Gasteiger partial charge on any atom is 0.310 e. The molecule has 0 aromatic carbocycles. The molecule has 1 aliphatic heterocycles. The normalized spacial score (nSPS) is 53.6. The molecule has 250 valence electrons. The third-order valence-electron chi connectivity index (χ3n) is 15.8. The maximum absolute atomic E-state index is 12.9. The molecule has 0 spiro atoms. The lowest BCUT2D eigenvalue weighted by Gasteiger charge is -2.71. The van der Waals surface area contributed by atoms with Crippen molar-refractivity contribution in [2.75, 3.05) is 0 Å². The van der Waals surface area contributed by atoms with Crippen LogP contribution in [0, 0.1) is 56.2 Å². The minimum atomic E-state index is -1.35. The van der Waals surface area contributed by atoms with Crippen LogP contribution in [0.2, 0.25) is 0 Å². The number of ether oxygens (including phenoxy) is 1. The first-order valence-corrected chi connectivity index (χ1v) is 17.6. The van der Waals surface area contributed by atoms with E-state index in [2.05, 4.69) is 54.5 Å². The van der Waals surface area contributed by atoms with Crippen molar-refractivity contribution in [3.63, 3.8) is 0 Å². The number of carboxylic acids is 1. The first kappa shape index (κ1) is 32.9. The van der Waals surface area contributed by atoms with Crippen molar-refractivity contribution in [1.29, 1.82) is 0 Å². The molecule has 1 heterocycles. The number of allylic oxidation sites excluding steroid dienone is 2. The second-order valence-electron chi connectivity index (χ2n) is 18.4. The summed E-state index contributed by atoms with van der Waals surface area (Å²) in [4.78, 5) is 12.9. The zero-order chi connectivity index (χ0) is 32.4. The van der Waals surface area contributed by atoms with Crippen LogP contribution in [-0.4, -0.2) is 68.1 Å². The quantitative estimate of drug-likeness (QED) is 0.257. The molecule has 5 unspecified atom stereocenters. The number of aliphatic hydroxyl groups excluding tert-OH is 4. The van der Waals surface area contributed by atoms with Gasteiger partial charge in [-0.2, -0.15) is 0 Å². The van der Waals surface area contributed by atoms with E-state index in [9.17, 15) is 30.3 Å². The lowest BCUT2D eigenvalue weighted by Crippen LogP contribution is -2.66. The largest absolute Gasteiger partial charge is 0.481 e. The molecule has 0 bridgehead atoms. The first-order chi connectivity index (χ1) is 20.3.